The zero-order chi connectivity index (χ0) is 22.4. The van der Waals surface area contributed by atoms with Crippen LogP contribution in [0.25, 0.3) is 5.69 Å². The molecule has 0 atom stereocenters. The first-order chi connectivity index (χ1) is 14.8. The molecule has 162 valence electrons. The van der Waals surface area contributed by atoms with Crippen LogP contribution in [0.15, 0.2) is 60.8 Å². The van der Waals surface area contributed by atoms with Crippen LogP contribution in [0, 0.1) is 0 Å². The number of hydrogen-bond acceptors (Lipinski definition) is 4. The van der Waals surface area contributed by atoms with Gasteiger partial charge in [0.15, 0.2) is 5.69 Å². The average Bonchev–Trinajstić information content (AvgIpc) is 3.23. The van der Waals surface area contributed by atoms with E-state index in [4.69, 9.17) is 4.74 Å². The van der Waals surface area contributed by atoms with Crippen molar-refractivity contribution in [2.45, 2.75) is 12.7 Å². The van der Waals surface area contributed by atoms with Crippen LogP contribution < -0.4 is 10.6 Å². The average molecular weight is 432 g/mol. The van der Waals surface area contributed by atoms with Gasteiger partial charge in [0.25, 0.3) is 5.91 Å². The van der Waals surface area contributed by atoms with Gasteiger partial charge in [0.1, 0.15) is 6.61 Å². The Hall–Kier alpha value is -3.66. The molecular formula is C21H19F3N4O3. The predicted octanol–water partition coefficient (Wildman–Crippen LogP) is 3.41. The minimum absolute atomic E-state index is 0.0625. The number of rotatable bonds is 7. The third kappa shape index (κ3) is 5.92. The number of halogens is 3. The second-order valence-corrected chi connectivity index (χ2v) is 6.55. The third-order valence-electron chi connectivity index (χ3n) is 4.21. The van der Waals surface area contributed by atoms with E-state index in [0.29, 0.717) is 16.9 Å². The van der Waals surface area contributed by atoms with E-state index in [9.17, 15) is 22.8 Å². The van der Waals surface area contributed by atoms with Crippen molar-refractivity contribution >= 4 is 17.5 Å². The van der Waals surface area contributed by atoms with Gasteiger partial charge in [-0.15, -0.1) is 0 Å². The van der Waals surface area contributed by atoms with Gasteiger partial charge < -0.3 is 15.4 Å². The second-order valence-electron chi connectivity index (χ2n) is 6.55. The van der Waals surface area contributed by atoms with E-state index in [1.807, 2.05) is 0 Å². The van der Waals surface area contributed by atoms with E-state index < -0.39 is 11.9 Å². The maximum absolute atomic E-state index is 12.7. The summed E-state index contributed by atoms with van der Waals surface area (Å²) < 4.78 is 43.9. The van der Waals surface area contributed by atoms with Gasteiger partial charge in [0, 0.05) is 31.1 Å². The number of ether oxygens (including phenoxy) is 1. The van der Waals surface area contributed by atoms with Crippen molar-refractivity contribution in [2.24, 2.45) is 0 Å². The van der Waals surface area contributed by atoms with Gasteiger partial charge in [-0.1, -0.05) is 12.1 Å². The molecule has 10 heteroatoms. The van der Waals surface area contributed by atoms with E-state index in [1.165, 1.54) is 37.6 Å². The van der Waals surface area contributed by atoms with Crippen molar-refractivity contribution < 1.29 is 27.5 Å². The number of hydrogen-bond donors (Lipinski definition) is 2. The molecule has 3 aromatic rings. The molecule has 7 nitrogen and oxygen atoms in total. The van der Waals surface area contributed by atoms with Gasteiger partial charge >= 0.3 is 6.18 Å². The van der Waals surface area contributed by atoms with Gasteiger partial charge in [-0.2, -0.15) is 18.3 Å². The van der Waals surface area contributed by atoms with Crippen molar-refractivity contribution in [2.75, 3.05) is 19.0 Å². The molecule has 2 N–H and O–H groups in total. The van der Waals surface area contributed by atoms with E-state index in [0.717, 1.165) is 16.3 Å². The highest BCUT2D eigenvalue weighted by Crippen LogP contribution is 2.27. The van der Waals surface area contributed by atoms with Crippen LogP contribution in [0.4, 0.5) is 18.9 Å². The Morgan fingerprint density at radius 3 is 2.48 bits per heavy atom. The molecule has 3 rings (SSSR count). The molecule has 0 fully saturated rings. The third-order valence-corrected chi connectivity index (χ3v) is 4.21. The molecule has 0 radical (unpaired) electrons. The number of methoxy groups -OCH3 is 1. The molecule has 0 aliphatic rings. The predicted molar refractivity (Wildman–Crippen MR) is 107 cm³/mol. The summed E-state index contributed by atoms with van der Waals surface area (Å²) in [6.45, 7) is 0.162. The first-order valence-corrected chi connectivity index (χ1v) is 9.15. The maximum Gasteiger partial charge on any atom is 0.435 e. The fraction of sp³-hybridized carbons (Fsp3) is 0.190. The molecule has 2 aromatic carbocycles. The smallest absolute Gasteiger partial charge is 0.375 e. The van der Waals surface area contributed by atoms with Crippen molar-refractivity contribution in [3.63, 3.8) is 0 Å². The number of nitrogens with one attached hydrogen (secondary N) is 2. The molecule has 0 aliphatic heterocycles. The van der Waals surface area contributed by atoms with E-state index in [1.54, 1.807) is 24.3 Å². The Labute approximate surface area is 175 Å². The van der Waals surface area contributed by atoms with Gasteiger partial charge in [-0.3, -0.25) is 9.59 Å². The fourth-order valence-corrected chi connectivity index (χ4v) is 2.76. The summed E-state index contributed by atoms with van der Waals surface area (Å²) in [6, 6.07) is 13.9. The van der Waals surface area contributed by atoms with Gasteiger partial charge in [0.05, 0.1) is 5.69 Å². The number of carbonyl (C=O) groups is 2. The topological polar surface area (TPSA) is 85.3 Å². The highest BCUT2D eigenvalue weighted by atomic mass is 19.4. The Bertz CT molecular complexity index is 1060. The maximum atomic E-state index is 12.7. The summed E-state index contributed by atoms with van der Waals surface area (Å²) in [7, 11) is 1.42. The fourth-order valence-electron chi connectivity index (χ4n) is 2.76. The molecule has 1 heterocycles. The van der Waals surface area contributed by atoms with Crippen LogP contribution in [0.2, 0.25) is 0 Å². The number of amides is 2. The number of benzene rings is 2. The lowest BCUT2D eigenvalue weighted by atomic mass is 10.1. The Kier molecular flexibility index (Phi) is 6.71. The normalized spacial score (nSPS) is 11.2. The first-order valence-electron chi connectivity index (χ1n) is 9.15. The van der Waals surface area contributed by atoms with Gasteiger partial charge in [-0.05, 0) is 48.0 Å². The van der Waals surface area contributed by atoms with Crippen molar-refractivity contribution in [3.8, 4) is 5.69 Å². The van der Waals surface area contributed by atoms with E-state index >= 15 is 0 Å². The van der Waals surface area contributed by atoms with Crippen molar-refractivity contribution in [1.82, 2.24) is 15.1 Å². The van der Waals surface area contributed by atoms with Gasteiger partial charge in [-0.25, -0.2) is 4.68 Å². The van der Waals surface area contributed by atoms with Crippen LogP contribution in [0.3, 0.4) is 0 Å². The SMILES string of the molecule is COCC(=O)Nc1cccc(CNC(=O)c2ccc(-n3ccc(C(F)(F)F)n3)cc2)c1. The quantitative estimate of drug-likeness (QED) is 0.599. The molecule has 31 heavy (non-hydrogen) atoms. The number of anilines is 1. The van der Waals surface area contributed by atoms with E-state index in [-0.39, 0.29) is 25.0 Å². The van der Waals surface area contributed by atoms with Crippen LogP contribution in [-0.4, -0.2) is 35.3 Å². The number of aromatic nitrogens is 2. The summed E-state index contributed by atoms with van der Waals surface area (Å²) in [5.41, 5.74) is 1.10. The molecule has 0 unspecified atom stereocenters. The van der Waals surface area contributed by atoms with Crippen LogP contribution >= 0.6 is 0 Å². The number of alkyl halides is 3. The second kappa shape index (κ2) is 9.43. The van der Waals surface area contributed by atoms with Crippen LogP contribution in [-0.2, 0) is 22.3 Å². The van der Waals surface area contributed by atoms with E-state index in [2.05, 4.69) is 15.7 Å². The van der Waals surface area contributed by atoms with Gasteiger partial charge in [0.2, 0.25) is 5.91 Å². The highest BCUT2D eigenvalue weighted by molar-refractivity contribution is 5.94. The largest absolute Gasteiger partial charge is 0.435 e. The summed E-state index contributed by atoms with van der Waals surface area (Å²) in [5.74, 6) is -0.639. The molecule has 0 spiro atoms. The Morgan fingerprint density at radius 1 is 1.10 bits per heavy atom. The lowest BCUT2D eigenvalue weighted by molar-refractivity contribution is -0.141. The molecule has 0 bridgehead atoms. The van der Waals surface area contributed by atoms with Crippen molar-refractivity contribution in [3.05, 3.63) is 77.6 Å². The van der Waals surface area contributed by atoms with Crippen LogP contribution in [0.1, 0.15) is 21.6 Å². The summed E-state index contributed by atoms with van der Waals surface area (Å²) in [4.78, 5) is 24.0. The molecule has 1 aromatic heterocycles. The Morgan fingerprint density at radius 2 is 1.84 bits per heavy atom. The lowest BCUT2D eigenvalue weighted by Crippen LogP contribution is -2.23. The monoisotopic (exact) mass is 432 g/mol. The highest BCUT2D eigenvalue weighted by Gasteiger charge is 2.33. The first kappa shape index (κ1) is 22.0. The minimum atomic E-state index is -4.52. The minimum Gasteiger partial charge on any atom is -0.375 e. The molecule has 0 aliphatic carbocycles. The summed E-state index contributed by atoms with van der Waals surface area (Å²) >= 11 is 0. The van der Waals surface area contributed by atoms with Crippen molar-refractivity contribution in [1.29, 1.82) is 0 Å². The number of nitrogens with zero attached hydrogens (tertiary/aromatic N) is 2. The van der Waals surface area contributed by atoms with Crippen LogP contribution in [0.5, 0.6) is 0 Å². The zero-order valence-electron chi connectivity index (χ0n) is 16.4. The molecule has 0 saturated heterocycles. The zero-order valence-corrected chi connectivity index (χ0v) is 16.4. The Balaban J connectivity index is 1.60. The summed E-state index contributed by atoms with van der Waals surface area (Å²) in [6.07, 6.45) is -3.31. The summed E-state index contributed by atoms with van der Waals surface area (Å²) in [5, 5.41) is 8.93. The standard InChI is InChI=1S/C21H19F3N4O3/c1-31-13-19(29)26-16-4-2-3-14(11-16)12-25-20(30)15-5-7-17(8-6-15)28-10-9-18(27-28)21(22,23)24/h2-11H,12-13H2,1H3,(H,25,30)(H,26,29). The molecular weight excluding hydrogens is 413 g/mol. The molecule has 0 saturated carbocycles. The molecule has 2 amide bonds. The lowest BCUT2D eigenvalue weighted by Gasteiger charge is -2.09. The number of carbonyl (C=O) groups excluding carboxylic acids is 2.